The highest BCUT2D eigenvalue weighted by molar-refractivity contribution is 7.23. The molecule has 0 aliphatic rings. The highest BCUT2D eigenvalue weighted by atomic mass is 32.1. The number of nitro benzene ring substituents is 1. The zero-order valence-corrected chi connectivity index (χ0v) is 29.2. The molecule has 262 valence electrons. The Bertz CT molecular complexity index is 2070. The third kappa shape index (κ3) is 11.3. The van der Waals surface area contributed by atoms with Gasteiger partial charge in [0.05, 0.1) is 35.6 Å². The number of nitrogens with one attached hydrogen (secondary N) is 3. The molecule has 3 aromatic carbocycles. The number of nitro groups is 1. The number of amides is 3. The smallest absolute Gasteiger partial charge is 0.270 e. The van der Waals surface area contributed by atoms with Gasteiger partial charge in [-0.25, -0.2) is 19.3 Å². The summed E-state index contributed by atoms with van der Waals surface area (Å²) in [6, 6.07) is 16.4. The largest absolute Gasteiger partial charge is 0.375 e. The molecule has 0 radical (unpaired) electrons. The summed E-state index contributed by atoms with van der Waals surface area (Å²) < 4.78 is 29.7. The van der Waals surface area contributed by atoms with E-state index in [1.54, 1.807) is 12.1 Å². The average molecular weight is 744 g/mol. The van der Waals surface area contributed by atoms with Crippen LogP contribution in [0, 0.1) is 15.9 Å². The summed E-state index contributed by atoms with van der Waals surface area (Å²) in [6.45, 7) is 2.38. The van der Waals surface area contributed by atoms with Gasteiger partial charge in [-0.2, -0.15) is 0 Å². The third-order valence-electron chi connectivity index (χ3n) is 5.95. The molecule has 3 amide bonds. The minimum Gasteiger partial charge on any atom is -0.375 e. The van der Waals surface area contributed by atoms with Crippen LogP contribution in [0.4, 0.5) is 25.5 Å². The zero-order valence-electron chi connectivity index (χ0n) is 26.8. The van der Waals surface area contributed by atoms with E-state index in [0.717, 1.165) is 10.2 Å². The number of anilines is 3. The molecule has 3 aromatic heterocycles. The standard InChI is InChI=1S/C11H12N2O2S.C10H9FN2O2S.C10H9N3O4S/c1-2-15-7-10(14)13-11-12-8-5-3-4-6-9(8)16-11;1-15-5-9(14)13-10-12-7-3-2-6(11)4-8(7)16-10;1-17-5-9(14)12-10-11-7-3-2-6(13(15)16)4-8(7)18-10/h3-6H,2,7H2,1H3,(H,12,13,14);2-4H,5H2,1H3,(H,12,13,14);2-4H,5H2,1H3,(H,11,12,14). The first-order chi connectivity index (χ1) is 24.1. The van der Waals surface area contributed by atoms with E-state index in [-0.39, 0.29) is 49.0 Å². The minimum absolute atomic E-state index is 0.000850. The fourth-order valence-corrected chi connectivity index (χ4v) is 6.58. The normalized spacial score (nSPS) is 10.6. The lowest BCUT2D eigenvalue weighted by atomic mass is 10.3. The molecule has 0 atom stereocenters. The predicted octanol–water partition coefficient (Wildman–Crippen LogP) is 6.08. The summed E-state index contributed by atoms with van der Waals surface area (Å²) in [6.07, 6.45) is 0. The topological polar surface area (TPSA) is 197 Å². The number of nitrogens with zero attached hydrogens (tertiary/aromatic N) is 4. The van der Waals surface area contributed by atoms with Crippen LogP contribution in [0.1, 0.15) is 6.92 Å². The summed E-state index contributed by atoms with van der Waals surface area (Å²) >= 11 is 3.87. The van der Waals surface area contributed by atoms with E-state index >= 15 is 0 Å². The molecule has 3 N–H and O–H groups in total. The third-order valence-corrected chi connectivity index (χ3v) is 8.77. The second-order valence-corrected chi connectivity index (χ2v) is 12.8. The Hall–Kier alpha value is -5.05. The van der Waals surface area contributed by atoms with Crippen LogP contribution in [-0.2, 0) is 28.6 Å². The maximum atomic E-state index is 12.9. The Morgan fingerprint density at radius 2 is 1.20 bits per heavy atom. The number of carbonyl (C=O) groups is 3. The van der Waals surface area contributed by atoms with E-state index in [0.29, 0.717) is 42.4 Å². The molecule has 15 nitrogen and oxygen atoms in total. The monoisotopic (exact) mass is 743 g/mol. The van der Waals surface area contributed by atoms with Gasteiger partial charge in [-0.1, -0.05) is 46.1 Å². The Labute approximate surface area is 295 Å². The van der Waals surface area contributed by atoms with Gasteiger partial charge in [-0.15, -0.1) is 0 Å². The van der Waals surface area contributed by atoms with Gasteiger partial charge >= 0.3 is 0 Å². The second kappa shape index (κ2) is 18.6. The average Bonchev–Trinajstić information content (AvgIpc) is 3.79. The Balaban J connectivity index is 0.000000169. The van der Waals surface area contributed by atoms with Crippen LogP contribution in [0.5, 0.6) is 0 Å². The molecule has 0 bridgehead atoms. The van der Waals surface area contributed by atoms with E-state index in [4.69, 9.17) is 4.74 Å². The first kappa shape index (κ1) is 37.8. The lowest BCUT2D eigenvalue weighted by Gasteiger charge is -2.00. The molecule has 3 heterocycles. The quantitative estimate of drug-likeness (QED) is 0.103. The number of methoxy groups -OCH3 is 2. The van der Waals surface area contributed by atoms with Crippen molar-refractivity contribution in [3.05, 3.63) is 76.6 Å². The molecule has 0 fully saturated rings. The van der Waals surface area contributed by atoms with Crippen molar-refractivity contribution >= 4 is 103 Å². The van der Waals surface area contributed by atoms with Crippen molar-refractivity contribution in [1.82, 2.24) is 15.0 Å². The lowest BCUT2D eigenvalue weighted by Crippen LogP contribution is -2.17. The molecular formula is C31H30FN7O8S3. The highest BCUT2D eigenvalue weighted by Gasteiger charge is 2.12. The highest BCUT2D eigenvalue weighted by Crippen LogP contribution is 2.29. The summed E-state index contributed by atoms with van der Waals surface area (Å²) in [4.78, 5) is 56.6. The Kier molecular flexibility index (Phi) is 14.1. The van der Waals surface area contributed by atoms with Crippen molar-refractivity contribution in [2.75, 3.05) is 56.6 Å². The SMILES string of the molecule is CCOCC(=O)Nc1nc2ccccc2s1.COCC(=O)Nc1nc2ccc(F)cc2s1.COCC(=O)Nc1nc2ccc([N+](=O)[O-])cc2s1. The number of aromatic nitrogens is 3. The van der Waals surface area contributed by atoms with Crippen molar-refractivity contribution in [1.29, 1.82) is 0 Å². The number of hydrogen-bond donors (Lipinski definition) is 3. The number of carbonyl (C=O) groups excluding carboxylic acids is 3. The van der Waals surface area contributed by atoms with E-state index < -0.39 is 4.92 Å². The van der Waals surface area contributed by atoms with E-state index in [2.05, 4.69) is 40.4 Å². The van der Waals surface area contributed by atoms with E-state index in [1.165, 1.54) is 72.5 Å². The van der Waals surface area contributed by atoms with Crippen LogP contribution in [0.15, 0.2) is 60.7 Å². The predicted molar refractivity (Wildman–Crippen MR) is 192 cm³/mol. The number of rotatable bonds is 11. The fraction of sp³-hybridized carbons (Fsp3) is 0.226. The molecule has 6 rings (SSSR count). The summed E-state index contributed by atoms with van der Waals surface area (Å²) in [7, 11) is 2.86. The van der Waals surface area contributed by atoms with Crippen LogP contribution in [-0.4, -0.2) is 78.2 Å². The van der Waals surface area contributed by atoms with E-state index in [9.17, 15) is 28.9 Å². The molecule has 0 saturated heterocycles. The van der Waals surface area contributed by atoms with Gasteiger partial charge in [0.1, 0.15) is 25.6 Å². The number of hydrogen-bond acceptors (Lipinski definition) is 14. The van der Waals surface area contributed by atoms with Gasteiger partial charge in [0.15, 0.2) is 15.4 Å². The summed E-state index contributed by atoms with van der Waals surface area (Å²) in [5.41, 5.74) is 2.18. The summed E-state index contributed by atoms with van der Waals surface area (Å²) in [5.74, 6) is -1.07. The van der Waals surface area contributed by atoms with Crippen molar-refractivity contribution in [2.24, 2.45) is 0 Å². The molecular weight excluding hydrogens is 714 g/mol. The molecule has 0 aliphatic carbocycles. The number of non-ortho nitro benzene ring substituents is 1. The van der Waals surface area contributed by atoms with Gasteiger partial charge in [0.25, 0.3) is 23.4 Å². The molecule has 0 aliphatic heterocycles. The number of ether oxygens (including phenoxy) is 3. The van der Waals surface area contributed by atoms with Crippen LogP contribution in [0.3, 0.4) is 0 Å². The fourth-order valence-electron chi connectivity index (χ4n) is 3.88. The van der Waals surface area contributed by atoms with Crippen LogP contribution in [0.25, 0.3) is 30.6 Å². The Morgan fingerprint density at radius 1 is 0.720 bits per heavy atom. The molecule has 0 spiro atoms. The molecule has 50 heavy (non-hydrogen) atoms. The van der Waals surface area contributed by atoms with Crippen LogP contribution >= 0.6 is 34.0 Å². The first-order valence-electron chi connectivity index (χ1n) is 14.5. The molecule has 0 saturated carbocycles. The number of thiazole rings is 3. The van der Waals surface area contributed by atoms with Gasteiger partial charge < -0.3 is 14.2 Å². The first-order valence-corrected chi connectivity index (χ1v) is 16.9. The molecule has 6 aromatic rings. The van der Waals surface area contributed by atoms with Crippen LogP contribution in [0.2, 0.25) is 0 Å². The van der Waals surface area contributed by atoms with Gasteiger partial charge in [0.2, 0.25) is 0 Å². The minimum atomic E-state index is -0.470. The Morgan fingerprint density at radius 3 is 1.72 bits per heavy atom. The van der Waals surface area contributed by atoms with Crippen LogP contribution < -0.4 is 16.0 Å². The van der Waals surface area contributed by atoms with Gasteiger partial charge in [-0.05, 0) is 43.3 Å². The van der Waals surface area contributed by atoms with Crippen molar-refractivity contribution in [3.8, 4) is 0 Å². The number of para-hydroxylation sites is 1. The van der Waals surface area contributed by atoms with Crippen molar-refractivity contribution in [2.45, 2.75) is 6.92 Å². The van der Waals surface area contributed by atoms with Crippen molar-refractivity contribution in [3.63, 3.8) is 0 Å². The lowest BCUT2D eigenvalue weighted by molar-refractivity contribution is -0.384. The molecule has 0 unspecified atom stereocenters. The second-order valence-electron chi connectivity index (χ2n) is 9.69. The zero-order chi connectivity index (χ0) is 36.0. The number of benzene rings is 3. The van der Waals surface area contributed by atoms with E-state index in [1.807, 2.05) is 31.2 Å². The summed E-state index contributed by atoms with van der Waals surface area (Å²) in [5, 5.41) is 19.9. The maximum Gasteiger partial charge on any atom is 0.270 e. The molecule has 19 heteroatoms. The number of halogens is 1. The van der Waals surface area contributed by atoms with Crippen molar-refractivity contribution < 1.29 is 37.9 Å². The number of fused-ring (bicyclic) bond motifs is 3. The van der Waals surface area contributed by atoms with Gasteiger partial charge in [-0.3, -0.25) is 40.4 Å². The maximum absolute atomic E-state index is 12.9. The van der Waals surface area contributed by atoms with Gasteiger partial charge in [0, 0.05) is 33.0 Å².